The normalized spacial score (nSPS) is 25.2. The predicted molar refractivity (Wildman–Crippen MR) is 73.2 cm³/mol. The van der Waals surface area contributed by atoms with Gasteiger partial charge in [0.15, 0.2) is 0 Å². The summed E-state index contributed by atoms with van der Waals surface area (Å²) in [7, 11) is 0. The van der Waals surface area contributed by atoms with Crippen LogP contribution in [0.1, 0.15) is 78.1 Å². The molecular formula is C15H29NO. The molecule has 0 bridgehead atoms. The Bertz CT molecular complexity index is 215. The van der Waals surface area contributed by atoms with Crippen LogP contribution >= 0.6 is 0 Å². The van der Waals surface area contributed by atoms with Gasteiger partial charge >= 0.3 is 0 Å². The van der Waals surface area contributed by atoms with E-state index in [1.807, 2.05) is 0 Å². The molecule has 0 amide bonds. The molecule has 2 nitrogen and oxygen atoms in total. The van der Waals surface area contributed by atoms with Gasteiger partial charge in [-0.1, -0.05) is 51.9 Å². The molecule has 1 heterocycles. The van der Waals surface area contributed by atoms with E-state index >= 15 is 0 Å². The molecule has 1 aliphatic rings. The summed E-state index contributed by atoms with van der Waals surface area (Å²) in [6.07, 6.45) is 12.2. The van der Waals surface area contributed by atoms with Crippen LogP contribution in [0, 0.1) is 0 Å². The van der Waals surface area contributed by atoms with Crippen LogP contribution in [0.5, 0.6) is 0 Å². The van der Waals surface area contributed by atoms with Crippen molar-refractivity contribution >= 4 is 5.78 Å². The quantitative estimate of drug-likeness (QED) is 0.652. The predicted octanol–water partition coefficient (Wildman–Crippen LogP) is 3.84. The minimum Gasteiger partial charge on any atom is -0.311 e. The van der Waals surface area contributed by atoms with Crippen molar-refractivity contribution in [3.8, 4) is 0 Å². The molecule has 0 unspecified atom stereocenters. The molecule has 1 rings (SSSR count). The smallest absolute Gasteiger partial charge is 0.136 e. The summed E-state index contributed by atoms with van der Waals surface area (Å²) < 4.78 is 0. The fraction of sp³-hybridized carbons (Fsp3) is 0.933. The van der Waals surface area contributed by atoms with E-state index in [1.165, 1.54) is 51.4 Å². The number of carbonyl (C=O) groups is 1. The van der Waals surface area contributed by atoms with Crippen LogP contribution in [0.2, 0.25) is 0 Å². The van der Waals surface area contributed by atoms with E-state index in [4.69, 9.17) is 0 Å². The number of Topliss-reactive ketones (excluding diaryl/α,β-unsaturated/α-hetero) is 1. The number of hydrogen-bond donors (Lipinski definition) is 1. The van der Waals surface area contributed by atoms with Crippen LogP contribution < -0.4 is 5.32 Å². The van der Waals surface area contributed by atoms with E-state index in [2.05, 4.69) is 19.2 Å². The second-order valence-electron chi connectivity index (χ2n) is 5.62. The van der Waals surface area contributed by atoms with Crippen LogP contribution in [-0.2, 0) is 4.79 Å². The van der Waals surface area contributed by atoms with E-state index < -0.39 is 0 Å². The van der Waals surface area contributed by atoms with Crippen LogP contribution in [0.15, 0.2) is 0 Å². The van der Waals surface area contributed by atoms with Gasteiger partial charge in [-0.2, -0.15) is 0 Å². The second-order valence-corrected chi connectivity index (χ2v) is 5.62. The zero-order valence-corrected chi connectivity index (χ0v) is 11.6. The summed E-state index contributed by atoms with van der Waals surface area (Å²) in [5.41, 5.74) is 0. The summed E-state index contributed by atoms with van der Waals surface area (Å²) in [6, 6.07) is 0.854. The summed E-state index contributed by atoms with van der Waals surface area (Å²) in [4.78, 5) is 11.5. The average Bonchev–Trinajstić information content (AvgIpc) is 2.26. The van der Waals surface area contributed by atoms with Crippen LogP contribution in [0.4, 0.5) is 0 Å². The lowest BCUT2D eigenvalue weighted by Gasteiger charge is -2.27. The van der Waals surface area contributed by atoms with Crippen molar-refractivity contribution in [3.05, 3.63) is 0 Å². The highest BCUT2D eigenvalue weighted by Gasteiger charge is 2.22. The van der Waals surface area contributed by atoms with Gasteiger partial charge in [-0.15, -0.1) is 0 Å². The Balaban J connectivity index is 1.97. The first-order chi connectivity index (χ1) is 8.22. The summed E-state index contributed by atoms with van der Waals surface area (Å²) in [6.45, 7) is 4.38. The maximum absolute atomic E-state index is 11.5. The fourth-order valence-corrected chi connectivity index (χ4v) is 2.75. The van der Waals surface area contributed by atoms with Crippen LogP contribution in [0.25, 0.3) is 0 Å². The van der Waals surface area contributed by atoms with Crippen molar-refractivity contribution in [3.63, 3.8) is 0 Å². The van der Waals surface area contributed by atoms with Crippen molar-refractivity contribution < 1.29 is 4.79 Å². The van der Waals surface area contributed by atoms with Gasteiger partial charge < -0.3 is 5.32 Å². The molecular weight excluding hydrogens is 210 g/mol. The number of carbonyl (C=O) groups excluding carboxylic acids is 1. The Morgan fingerprint density at radius 3 is 2.35 bits per heavy atom. The molecule has 2 atom stereocenters. The molecule has 1 fully saturated rings. The Hall–Kier alpha value is -0.370. The molecule has 1 aliphatic heterocycles. The second kappa shape index (κ2) is 8.68. The Labute approximate surface area is 107 Å². The molecule has 0 radical (unpaired) electrons. The first-order valence-corrected chi connectivity index (χ1v) is 7.50. The SMILES string of the molecule is CCCCCCCCC[C@H]1CC(=O)C[C@@H](C)N1. The zero-order chi connectivity index (χ0) is 12.5. The largest absolute Gasteiger partial charge is 0.311 e. The van der Waals surface area contributed by atoms with Crippen LogP contribution in [-0.4, -0.2) is 17.9 Å². The summed E-state index contributed by atoms with van der Waals surface area (Å²) in [5, 5.41) is 3.54. The van der Waals surface area contributed by atoms with Crippen LogP contribution in [0.3, 0.4) is 0 Å². The first kappa shape index (κ1) is 14.7. The Morgan fingerprint density at radius 1 is 1.06 bits per heavy atom. The lowest BCUT2D eigenvalue weighted by molar-refractivity contribution is -0.121. The topological polar surface area (TPSA) is 29.1 Å². The van der Waals surface area contributed by atoms with Gasteiger partial charge in [-0.3, -0.25) is 4.79 Å². The Kier molecular flexibility index (Phi) is 7.50. The van der Waals surface area contributed by atoms with Gasteiger partial charge in [0.25, 0.3) is 0 Å². The highest BCUT2D eigenvalue weighted by atomic mass is 16.1. The maximum Gasteiger partial charge on any atom is 0.136 e. The van der Waals surface area contributed by atoms with Gasteiger partial charge in [0.05, 0.1) is 0 Å². The maximum atomic E-state index is 11.5. The molecule has 1 N–H and O–H groups in total. The van der Waals surface area contributed by atoms with E-state index in [0.717, 1.165) is 12.8 Å². The van der Waals surface area contributed by atoms with Crippen molar-refractivity contribution in [2.75, 3.05) is 0 Å². The minimum atomic E-state index is 0.394. The van der Waals surface area contributed by atoms with Gasteiger partial charge in [0, 0.05) is 24.9 Å². The Morgan fingerprint density at radius 2 is 1.71 bits per heavy atom. The fourth-order valence-electron chi connectivity index (χ4n) is 2.75. The molecule has 0 aromatic rings. The molecule has 0 aromatic heterocycles. The summed E-state index contributed by atoms with van der Waals surface area (Å²) >= 11 is 0. The van der Waals surface area contributed by atoms with Crippen molar-refractivity contribution in [2.24, 2.45) is 0 Å². The molecule has 0 spiro atoms. The third-order valence-corrected chi connectivity index (χ3v) is 3.68. The molecule has 0 aliphatic carbocycles. The third kappa shape index (κ3) is 6.82. The van der Waals surface area contributed by atoms with Crippen molar-refractivity contribution in [2.45, 2.75) is 90.1 Å². The number of ketones is 1. The van der Waals surface area contributed by atoms with Gasteiger partial charge in [0.1, 0.15) is 5.78 Å². The van der Waals surface area contributed by atoms with Crippen molar-refractivity contribution in [1.29, 1.82) is 0 Å². The number of unbranched alkanes of at least 4 members (excludes halogenated alkanes) is 6. The zero-order valence-electron chi connectivity index (χ0n) is 11.6. The molecule has 100 valence electrons. The number of nitrogens with one attached hydrogen (secondary N) is 1. The minimum absolute atomic E-state index is 0.394. The van der Waals surface area contributed by atoms with Gasteiger partial charge in [-0.05, 0) is 13.3 Å². The van der Waals surface area contributed by atoms with E-state index in [0.29, 0.717) is 17.9 Å². The lowest BCUT2D eigenvalue weighted by atomic mass is 9.94. The van der Waals surface area contributed by atoms with E-state index in [9.17, 15) is 4.79 Å². The molecule has 2 heteroatoms. The molecule has 0 saturated carbocycles. The number of piperidine rings is 1. The lowest BCUT2D eigenvalue weighted by Crippen LogP contribution is -2.44. The van der Waals surface area contributed by atoms with E-state index in [-0.39, 0.29) is 0 Å². The highest BCUT2D eigenvalue weighted by Crippen LogP contribution is 2.16. The highest BCUT2D eigenvalue weighted by molar-refractivity contribution is 5.80. The van der Waals surface area contributed by atoms with E-state index in [1.54, 1.807) is 0 Å². The molecule has 0 aromatic carbocycles. The summed E-state index contributed by atoms with van der Waals surface area (Å²) in [5.74, 6) is 0.448. The molecule has 1 saturated heterocycles. The standard InChI is InChI=1S/C15H29NO/c1-3-4-5-6-7-8-9-10-14-12-15(17)11-13(2)16-14/h13-14,16H,3-12H2,1-2H3/t13-,14+/m1/s1. The monoisotopic (exact) mass is 239 g/mol. The number of hydrogen-bond acceptors (Lipinski definition) is 2. The van der Waals surface area contributed by atoms with Crippen molar-refractivity contribution in [1.82, 2.24) is 5.32 Å². The third-order valence-electron chi connectivity index (χ3n) is 3.68. The van der Waals surface area contributed by atoms with Gasteiger partial charge in [-0.25, -0.2) is 0 Å². The average molecular weight is 239 g/mol. The first-order valence-electron chi connectivity index (χ1n) is 7.50. The van der Waals surface area contributed by atoms with Gasteiger partial charge in [0.2, 0.25) is 0 Å². The molecule has 17 heavy (non-hydrogen) atoms. The number of rotatable bonds is 8.